The molecule has 0 heterocycles. The van der Waals surface area contributed by atoms with E-state index in [2.05, 4.69) is 4.72 Å². The van der Waals surface area contributed by atoms with E-state index in [4.69, 9.17) is 5.26 Å². The second-order valence-corrected chi connectivity index (χ2v) is 6.90. The van der Waals surface area contributed by atoms with Crippen molar-refractivity contribution in [3.8, 4) is 6.07 Å². The molecular weight excluding hydrogens is 276 g/mol. The van der Waals surface area contributed by atoms with Crippen LogP contribution in [0.5, 0.6) is 0 Å². The van der Waals surface area contributed by atoms with Gasteiger partial charge < -0.3 is 5.11 Å². The summed E-state index contributed by atoms with van der Waals surface area (Å²) < 4.78 is 27.1. The number of nitrogens with one attached hydrogen (secondary N) is 1. The van der Waals surface area contributed by atoms with Crippen molar-refractivity contribution in [2.24, 2.45) is 5.92 Å². The maximum atomic E-state index is 12.3. The molecule has 0 aromatic heterocycles. The molecule has 5 nitrogen and oxygen atoms in total. The average molecular weight is 296 g/mol. The van der Waals surface area contributed by atoms with Crippen molar-refractivity contribution in [2.75, 3.05) is 6.61 Å². The SMILES string of the molecule is Cc1cc(C#N)ccc1S(=O)(=O)NC(CO)CC(C)C. The first-order valence-electron chi connectivity index (χ1n) is 6.44. The van der Waals surface area contributed by atoms with Crippen LogP contribution in [0.2, 0.25) is 0 Å². The summed E-state index contributed by atoms with van der Waals surface area (Å²) in [5.41, 5.74) is 0.931. The zero-order chi connectivity index (χ0) is 15.3. The van der Waals surface area contributed by atoms with E-state index in [0.717, 1.165) is 0 Å². The summed E-state index contributed by atoms with van der Waals surface area (Å²) in [6.45, 7) is 5.33. The number of hydrogen-bond donors (Lipinski definition) is 2. The van der Waals surface area contributed by atoms with Gasteiger partial charge in [-0.05, 0) is 43.0 Å². The zero-order valence-electron chi connectivity index (χ0n) is 11.9. The Balaban J connectivity index is 3.02. The summed E-state index contributed by atoms with van der Waals surface area (Å²) in [4.78, 5) is 0.138. The number of aryl methyl sites for hydroxylation is 1. The number of aliphatic hydroxyl groups excluding tert-OH is 1. The molecule has 1 unspecified atom stereocenters. The Hall–Kier alpha value is -1.42. The monoisotopic (exact) mass is 296 g/mol. The van der Waals surface area contributed by atoms with Gasteiger partial charge in [0.15, 0.2) is 0 Å². The van der Waals surface area contributed by atoms with Gasteiger partial charge in [-0.25, -0.2) is 13.1 Å². The maximum Gasteiger partial charge on any atom is 0.241 e. The summed E-state index contributed by atoms with van der Waals surface area (Å²) in [7, 11) is -3.69. The van der Waals surface area contributed by atoms with Crippen molar-refractivity contribution in [3.63, 3.8) is 0 Å². The minimum atomic E-state index is -3.69. The number of nitrogens with zero attached hydrogens (tertiary/aromatic N) is 1. The van der Waals surface area contributed by atoms with Gasteiger partial charge in [0.25, 0.3) is 0 Å². The number of benzene rings is 1. The van der Waals surface area contributed by atoms with Gasteiger partial charge in [-0.2, -0.15) is 5.26 Å². The van der Waals surface area contributed by atoms with Crippen molar-refractivity contribution < 1.29 is 13.5 Å². The zero-order valence-corrected chi connectivity index (χ0v) is 12.7. The predicted molar refractivity (Wildman–Crippen MR) is 76.5 cm³/mol. The van der Waals surface area contributed by atoms with E-state index in [9.17, 15) is 13.5 Å². The van der Waals surface area contributed by atoms with Crippen LogP contribution in [0.15, 0.2) is 23.1 Å². The highest BCUT2D eigenvalue weighted by molar-refractivity contribution is 7.89. The van der Waals surface area contributed by atoms with Crippen LogP contribution in [0.4, 0.5) is 0 Å². The molecule has 0 spiro atoms. The van der Waals surface area contributed by atoms with Crippen LogP contribution in [-0.4, -0.2) is 26.2 Å². The fourth-order valence-corrected chi connectivity index (χ4v) is 3.50. The number of aliphatic hydroxyl groups is 1. The van der Waals surface area contributed by atoms with E-state index >= 15 is 0 Å². The van der Waals surface area contributed by atoms with Crippen LogP contribution >= 0.6 is 0 Å². The van der Waals surface area contributed by atoms with E-state index in [1.165, 1.54) is 18.2 Å². The Morgan fingerprint density at radius 3 is 2.50 bits per heavy atom. The minimum Gasteiger partial charge on any atom is -0.395 e. The van der Waals surface area contributed by atoms with Gasteiger partial charge in [0.2, 0.25) is 10.0 Å². The fourth-order valence-electron chi connectivity index (χ4n) is 2.03. The molecule has 110 valence electrons. The molecule has 6 heteroatoms. The molecule has 1 aromatic carbocycles. The van der Waals surface area contributed by atoms with Gasteiger partial charge >= 0.3 is 0 Å². The lowest BCUT2D eigenvalue weighted by Crippen LogP contribution is -2.38. The van der Waals surface area contributed by atoms with Gasteiger partial charge in [0, 0.05) is 6.04 Å². The molecule has 0 saturated heterocycles. The third-order valence-corrected chi connectivity index (χ3v) is 4.57. The number of sulfonamides is 1. The maximum absolute atomic E-state index is 12.3. The third kappa shape index (κ3) is 4.30. The molecule has 1 atom stereocenters. The molecule has 1 rings (SSSR count). The van der Waals surface area contributed by atoms with Crippen LogP contribution in [0.3, 0.4) is 0 Å². The van der Waals surface area contributed by atoms with Crippen molar-refractivity contribution in [3.05, 3.63) is 29.3 Å². The molecule has 0 radical (unpaired) electrons. The lowest BCUT2D eigenvalue weighted by atomic mass is 10.1. The van der Waals surface area contributed by atoms with E-state index in [0.29, 0.717) is 17.5 Å². The summed E-state index contributed by atoms with van der Waals surface area (Å²) >= 11 is 0. The number of nitriles is 1. The van der Waals surface area contributed by atoms with E-state index in [1.807, 2.05) is 19.9 Å². The minimum absolute atomic E-state index is 0.138. The lowest BCUT2D eigenvalue weighted by molar-refractivity contribution is 0.240. The first kappa shape index (κ1) is 16.6. The highest BCUT2D eigenvalue weighted by Crippen LogP contribution is 2.17. The van der Waals surface area contributed by atoms with Gasteiger partial charge in [0.1, 0.15) is 0 Å². The van der Waals surface area contributed by atoms with Crippen molar-refractivity contribution >= 4 is 10.0 Å². The number of hydrogen-bond acceptors (Lipinski definition) is 4. The lowest BCUT2D eigenvalue weighted by Gasteiger charge is -2.19. The first-order valence-corrected chi connectivity index (χ1v) is 7.92. The predicted octanol–water partition coefficient (Wildman–Crippen LogP) is 1.55. The van der Waals surface area contributed by atoms with Crippen molar-refractivity contribution in [2.45, 2.75) is 38.1 Å². The standard InChI is InChI=1S/C14H20N2O3S/c1-10(2)6-13(9-17)16-20(18,19)14-5-4-12(8-15)7-11(14)3/h4-5,7,10,13,16-17H,6,9H2,1-3H3. The largest absolute Gasteiger partial charge is 0.395 e. The molecule has 0 aliphatic heterocycles. The summed E-state index contributed by atoms with van der Waals surface area (Å²) in [6, 6.07) is 5.88. The smallest absolute Gasteiger partial charge is 0.241 e. The van der Waals surface area contributed by atoms with Crippen LogP contribution < -0.4 is 4.72 Å². The molecule has 2 N–H and O–H groups in total. The van der Waals surface area contributed by atoms with Crippen LogP contribution in [0.25, 0.3) is 0 Å². The molecule has 1 aromatic rings. The number of rotatable bonds is 6. The quantitative estimate of drug-likeness (QED) is 0.833. The highest BCUT2D eigenvalue weighted by Gasteiger charge is 2.22. The van der Waals surface area contributed by atoms with Crippen LogP contribution in [0, 0.1) is 24.2 Å². The summed E-state index contributed by atoms with van der Waals surface area (Å²) in [6.07, 6.45) is 0.561. The molecule has 0 aliphatic rings. The Kier molecular flexibility index (Phi) is 5.69. The van der Waals surface area contributed by atoms with E-state index in [-0.39, 0.29) is 17.4 Å². The summed E-state index contributed by atoms with van der Waals surface area (Å²) in [5, 5.41) is 18.1. The molecule has 20 heavy (non-hydrogen) atoms. The molecule has 0 saturated carbocycles. The Morgan fingerprint density at radius 2 is 2.05 bits per heavy atom. The summed E-state index contributed by atoms with van der Waals surface area (Å²) in [5.74, 6) is 0.275. The van der Waals surface area contributed by atoms with Gasteiger partial charge in [0.05, 0.1) is 23.1 Å². The Morgan fingerprint density at radius 1 is 1.40 bits per heavy atom. The normalized spacial score (nSPS) is 13.2. The van der Waals surface area contributed by atoms with Gasteiger partial charge in [-0.1, -0.05) is 13.8 Å². The second kappa shape index (κ2) is 6.84. The first-order chi connectivity index (χ1) is 9.30. The molecule has 0 fully saturated rings. The third-order valence-electron chi connectivity index (χ3n) is 2.89. The van der Waals surface area contributed by atoms with E-state index < -0.39 is 16.1 Å². The molecule has 0 aliphatic carbocycles. The second-order valence-electron chi connectivity index (χ2n) is 5.22. The average Bonchev–Trinajstić information content (AvgIpc) is 2.36. The van der Waals surface area contributed by atoms with Gasteiger partial charge in [-0.3, -0.25) is 0 Å². The Labute approximate surface area is 120 Å². The molecular formula is C14H20N2O3S. The molecule has 0 amide bonds. The Bertz CT molecular complexity index is 603. The molecule has 0 bridgehead atoms. The van der Waals surface area contributed by atoms with Gasteiger partial charge in [-0.15, -0.1) is 0 Å². The van der Waals surface area contributed by atoms with E-state index in [1.54, 1.807) is 6.92 Å². The topological polar surface area (TPSA) is 90.2 Å². The van der Waals surface area contributed by atoms with Crippen molar-refractivity contribution in [1.82, 2.24) is 4.72 Å². The van der Waals surface area contributed by atoms with Crippen molar-refractivity contribution in [1.29, 1.82) is 5.26 Å². The van der Waals surface area contributed by atoms with Crippen LogP contribution in [-0.2, 0) is 10.0 Å². The highest BCUT2D eigenvalue weighted by atomic mass is 32.2. The van der Waals surface area contributed by atoms with Crippen LogP contribution in [0.1, 0.15) is 31.4 Å². The fraction of sp³-hybridized carbons (Fsp3) is 0.500.